The van der Waals surface area contributed by atoms with Crippen molar-refractivity contribution in [1.29, 1.82) is 0 Å². The molecule has 0 aliphatic rings. The monoisotopic (exact) mass is 577 g/mol. The van der Waals surface area contributed by atoms with Crippen molar-refractivity contribution in [2.45, 2.75) is 0 Å². The zero-order valence-corrected chi connectivity index (χ0v) is 16.9. The summed E-state index contributed by atoms with van der Waals surface area (Å²) >= 11 is 0. The average Bonchev–Trinajstić information content (AvgIpc) is 2.69. The predicted octanol–water partition coefficient (Wildman–Crippen LogP) is 0.0805. The van der Waals surface area contributed by atoms with Gasteiger partial charge in [-0.2, -0.15) is 0 Å². The Morgan fingerprint density at radius 2 is 0.897 bits per heavy atom. The van der Waals surface area contributed by atoms with Gasteiger partial charge >= 0.3 is 33.0 Å². The molecule has 29 heavy (non-hydrogen) atoms. The van der Waals surface area contributed by atoms with E-state index in [1.807, 2.05) is 0 Å². The van der Waals surface area contributed by atoms with Crippen molar-refractivity contribution in [3.05, 3.63) is 83.9 Å². The number of carboxylic acids is 2. The molecule has 2 N–H and O–H groups in total. The van der Waals surface area contributed by atoms with Gasteiger partial charge in [0.2, 0.25) is 0 Å². The third-order valence-corrected chi connectivity index (χ3v) is 3.06. The van der Waals surface area contributed by atoms with Gasteiger partial charge in [0, 0.05) is 0 Å². The topological polar surface area (TPSA) is 155 Å². The summed E-state index contributed by atoms with van der Waals surface area (Å²) in [4.78, 5) is 41.6. The van der Waals surface area contributed by atoms with Crippen molar-refractivity contribution >= 4 is 35.0 Å². The summed E-state index contributed by atoms with van der Waals surface area (Å²) in [6, 6.07) is 16.0. The Bertz CT molecular complexity index is 841. The smallest absolute Gasteiger partial charge is 0.872 e. The SMILES string of the molecule is O=C(O)C(=O)/C=C(\[O-])c1ccccc1.O=C(O)C(=O)/C=C(\[O-])c1ccccc1.[Pt+2]. The van der Waals surface area contributed by atoms with Crippen LogP contribution in [0.1, 0.15) is 11.1 Å². The van der Waals surface area contributed by atoms with Gasteiger partial charge < -0.3 is 20.4 Å². The predicted molar refractivity (Wildman–Crippen MR) is 94.1 cm³/mol. The molecular weight excluding hydrogens is 563 g/mol. The van der Waals surface area contributed by atoms with Crippen molar-refractivity contribution in [2.24, 2.45) is 0 Å². The summed E-state index contributed by atoms with van der Waals surface area (Å²) in [6.45, 7) is 0. The van der Waals surface area contributed by atoms with Gasteiger partial charge in [-0.05, 0) is 23.3 Å². The third-order valence-electron chi connectivity index (χ3n) is 3.06. The maximum absolute atomic E-state index is 11.2. The van der Waals surface area contributed by atoms with Crippen LogP contribution in [0.5, 0.6) is 0 Å². The maximum Gasteiger partial charge on any atom is 2.00 e. The number of aliphatic carboxylic acids is 2. The van der Waals surface area contributed by atoms with Gasteiger partial charge in [-0.1, -0.05) is 72.2 Å². The van der Waals surface area contributed by atoms with E-state index < -0.39 is 35.0 Å². The normalized spacial score (nSPS) is 10.6. The Morgan fingerprint density at radius 1 is 0.621 bits per heavy atom. The molecule has 0 atom stereocenters. The first-order chi connectivity index (χ1) is 13.2. The van der Waals surface area contributed by atoms with E-state index in [2.05, 4.69) is 0 Å². The largest absolute Gasteiger partial charge is 2.00 e. The first-order valence-corrected chi connectivity index (χ1v) is 7.65. The zero-order chi connectivity index (χ0) is 21.1. The van der Waals surface area contributed by atoms with Gasteiger partial charge in [0.05, 0.1) is 0 Å². The molecule has 8 nitrogen and oxygen atoms in total. The Kier molecular flexibility index (Phi) is 11.2. The molecule has 2 aromatic rings. The fourth-order valence-electron chi connectivity index (χ4n) is 1.73. The molecular formula is C20H14O8Pt. The Balaban J connectivity index is 0.000000523. The molecule has 0 amide bonds. The minimum Gasteiger partial charge on any atom is -0.872 e. The van der Waals surface area contributed by atoms with Crippen LogP contribution in [-0.2, 0) is 40.2 Å². The van der Waals surface area contributed by atoms with Crippen molar-refractivity contribution in [3.63, 3.8) is 0 Å². The second kappa shape index (κ2) is 12.8. The van der Waals surface area contributed by atoms with Gasteiger partial charge in [-0.25, -0.2) is 9.59 Å². The summed E-state index contributed by atoms with van der Waals surface area (Å²) in [5.74, 6) is -6.88. The van der Waals surface area contributed by atoms with Crippen LogP contribution in [0, 0.1) is 0 Å². The van der Waals surface area contributed by atoms with E-state index in [1.54, 1.807) is 36.4 Å². The standard InChI is InChI=1S/2C10H8O4.Pt/c2*11-8(6-9(12)10(13)14)7-4-2-1-3-5-7;/h2*1-6,11H,(H,13,14);/q;;+2/p-2/b2*8-6-;. The van der Waals surface area contributed by atoms with Crippen molar-refractivity contribution < 1.29 is 60.7 Å². The fraction of sp³-hybridized carbons (Fsp3) is 0. The molecule has 0 heterocycles. The molecule has 0 aromatic heterocycles. The van der Waals surface area contributed by atoms with Gasteiger partial charge in [-0.15, -0.1) is 0 Å². The number of carbonyl (C=O) groups is 4. The molecule has 0 unspecified atom stereocenters. The van der Waals surface area contributed by atoms with E-state index in [4.69, 9.17) is 10.2 Å². The Morgan fingerprint density at radius 3 is 1.14 bits per heavy atom. The number of rotatable bonds is 6. The molecule has 0 saturated heterocycles. The third kappa shape index (κ3) is 9.30. The zero-order valence-electron chi connectivity index (χ0n) is 14.6. The second-order valence-electron chi connectivity index (χ2n) is 5.09. The number of ketones is 2. The van der Waals surface area contributed by atoms with Gasteiger partial charge in [0.1, 0.15) is 0 Å². The fourth-order valence-corrected chi connectivity index (χ4v) is 1.73. The summed E-state index contributed by atoms with van der Waals surface area (Å²) in [6.07, 6.45) is 1.13. The van der Waals surface area contributed by atoms with Gasteiger partial charge in [0.25, 0.3) is 11.6 Å². The van der Waals surface area contributed by atoms with Crippen molar-refractivity contribution in [2.75, 3.05) is 0 Å². The Labute approximate surface area is 179 Å². The van der Waals surface area contributed by atoms with E-state index in [1.165, 1.54) is 24.3 Å². The number of hydrogen-bond donors (Lipinski definition) is 2. The summed E-state index contributed by atoms with van der Waals surface area (Å²) in [5, 5.41) is 38.9. The molecule has 152 valence electrons. The number of carboxylic acid groups (broad SMARTS) is 2. The van der Waals surface area contributed by atoms with Crippen LogP contribution < -0.4 is 10.2 Å². The van der Waals surface area contributed by atoms with Crippen LogP contribution in [-0.4, -0.2) is 33.7 Å². The van der Waals surface area contributed by atoms with Crippen LogP contribution in [0.15, 0.2) is 72.8 Å². The van der Waals surface area contributed by atoms with Crippen LogP contribution >= 0.6 is 0 Å². The van der Waals surface area contributed by atoms with Crippen LogP contribution in [0.2, 0.25) is 0 Å². The molecule has 0 aliphatic carbocycles. The number of hydrogen-bond acceptors (Lipinski definition) is 6. The van der Waals surface area contributed by atoms with Crippen LogP contribution in [0.25, 0.3) is 11.5 Å². The molecule has 2 rings (SSSR count). The van der Waals surface area contributed by atoms with Crippen LogP contribution in [0.4, 0.5) is 0 Å². The molecule has 0 bridgehead atoms. The summed E-state index contributed by atoms with van der Waals surface area (Å²) < 4.78 is 0. The Hall–Kier alpha value is -3.51. The van der Waals surface area contributed by atoms with E-state index in [0.717, 1.165) is 0 Å². The maximum atomic E-state index is 11.2. The molecule has 0 fully saturated rings. The van der Waals surface area contributed by atoms with Crippen molar-refractivity contribution in [3.8, 4) is 0 Å². The average molecular weight is 577 g/mol. The van der Waals surface area contributed by atoms with Gasteiger partial charge in [0.15, 0.2) is 0 Å². The minimum atomic E-state index is -1.63. The molecule has 2 aromatic carbocycles. The summed E-state index contributed by atoms with van der Waals surface area (Å²) in [7, 11) is 0. The summed E-state index contributed by atoms with van der Waals surface area (Å²) in [5.41, 5.74) is 0.587. The number of benzene rings is 2. The van der Waals surface area contributed by atoms with E-state index in [9.17, 15) is 29.4 Å². The molecule has 0 radical (unpaired) electrons. The number of carbonyl (C=O) groups excluding carboxylic acids is 2. The molecule has 0 aliphatic heterocycles. The quantitative estimate of drug-likeness (QED) is 0.278. The van der Waals surface area contributed by atoms with Crippen molar-refractivity contribution in [1.82, 2.24) is 0 Å². The second-order valence-corrected chi connectivity index (χ2v) is 5.09. The molecule has 0 spiro atoms. The molecule has 9 heteroatoms. The van der Waals surface area contributed by atoms with E-state index >= 15 is 0 Å². The first-order valence-electron chi connectivity index (χ1n) is 7.65. The minimum absolute atomic E-state index is 0. The van der Waals surface area contributed by atoms with Gasteiger partial charge in [-0.3, -0.25) is 9.59 Å². The van der Waals surface area contributed by atoms with E-state index in [-0.39, 0.29) is 21.1 Å². The first kappa shape index (κ1) is 25.5. The van der Waals surface area contributed by atoms with E-state index in [0.29, 0.717) is 23.3 Å². The van der Waals surface area contributed by atoms with Crippen LogP contribution in [0.3, 0.4) is 0 Å². The molecule has 0 saturated carbocycles.